The molecule has 0 bridgehead atoms. The van der Waals surface area contributed by atoms with Crippen LogP contribution < -0.4 is 104 Å². The SMILES string of the molecule is CC1(C)C(=CC=C(Br)C=CC2=[N+](CCCSOO[O-])c3ccc(SOO[O-])cc3C2(C)C)N(CCCS(=O)(=O)[O-])c2ccc(S(=O)(=O)[O-])cc21.[Na+].[Na+].[Na+]. The molecule has 22 heteroatoms. The van der Waals surface area contributed by atoms with E-state index in [2.05, 4.69) is 53.1 Å². The second-order valence-electron chi connectivity index (χ2n) is 12.3. The van der Waals surface area contributed by atoms with Crippen molar-refractivity contribution in [2.45, 2.75) is 61.2 Å². The van der Waals surface area contributed by atoms with Crippen molar-refractivity contribution in [3.8, 4) is 0 Å². The third-order valence-corrected chi connectivity index (χ3v) is 11.8. The van der Waals surface area contributed by atoms with Crippen LogP contribution in [-0.2, 0) is 49.8 Å². The number of hydrogen-bond acceptors (Lipinski definition) is 15. The average Bonchev–Trinajstić information content (AvgIpc) is 3.38. The molecule has 0 aromatic heterocycles. The predicted octanol–water partition coefficient (Wildman–Crippen LogP) is -5.08. The summed E-state index contributed by atoms with van der Waals surface area (Å²) in [7, 11) is -9.19. The molecule has 0 saturated heterocycles. The Balaban J connectivity index is 0.00000468. The Labute approximate surface area is 393 Å². The van der Waals surface area contributed by atoms with Gasteiger partial charge in [-0.15, -0.1) is 0 Å². The number of hydrogen-bond donors (Lipinski definition) is 0. The minimum absolute atomic E-state index is 0. The van der Waals surface area contributed by atoms with Crippen LogP contribution in [0.3, 0.4) is 0 Å². The molecular formula is C31H34BrN2Na3O12S4. The van der Waals surface area contributed by atoms with Crippen molar-refractivity contribution in [2.75, 3.05) is 29.5 Å². The van der Waals surface area contributed by atoms with Crippen LogP contribution in [-0.4, -0.2) is 60.8 Å². The van der Waals surface area contributed by atoms with E-state index in [1.54, 1.807) is 12.1 Å². The Morgan fingerprint density at radius 2 is 1.60 bits per heavy atom. The Kier molecular flexibility index (Phi) is 21.9. The molecule has 14 nitrogen and oxygen atoms in total. The van der Waals surface area contributed by atoms with E-state index >= 15 is 0 Å². The molecule has 4 rings (SSSR count). The molecule has 0 fully saturated rings. The average molecular weight is 904 g/mol. The molecule has 2 heterocycles. The first-order valence-electron chi connectivity index (χ1n) is 15.0. The van der Waals surface area contributed by atoms with Crippen molar-refractivity contribution < 1.29 is 148 Å². The normalized spacial score (nSPS) is 17.0. The van der Waals surface area contributed by atoms with Crippen molar-refractivity contribution in [3.63, 3.8) is 0 Å². The molecule has 0 aliphatic carbocycles. The summed E-state index contributed by atoms with van der Waals surface area (Å²) in [6, 6.07) is 9.71. The van der Waals surface area contributed by atoms with Crippen molar-refractivity contribution in [1.29, 1.82) is 0 Å². The maximum absolute atomic E-state index is 11.8. The van der Waals surface area contributed by atoms with E-state index < -0.39 is 36.8 Å². The van der Waals surface area contributed by atoms with Gasteiger partial charge in [-0.3, -0.25) is 10.1 Å². The number of benzene rings is 2. The third kappa shape index (κ3) is 13.5. The van der Waals surface area contributed by atoms with Gasteiger partial charge in [-0.2, -0.15) is 13.2 Å². The Morgan fingerprint density at radius 3 is 2.23 bits per heavy atom. The zero-order chi connectivity index (χ0) is 36.9. The molecule has 0 radical (unpaired) electrons. The first-order valence-corrected chi connectivity index (χ1v) is 20.4. The van der Waals surface area contributed by atoms with Gasteiger partial charge < -0.3 is 24.5 Å². The topological polar surface area (TPSA) is 204 Å². The van der Waals surface area contributed by atoms with Crippen LogP contribution in [0.4, 0.5) is 11.4 Å². The van der Waals surface area contributed by atoms with E-state index in [0.717, 1.165) is 41.0 Å². The predicted molar refractivity (Wildman–Crippen MR) is 185 cm³/mol. The Morgan fingerprint density at radius 1 is 0.925 bits per heavy atom. The summed E-state index contributed by atoms with van der Waals surface area (Å²) in [5.74, 6) is -0.0875. The molecule has 2 aliphatic rings. The summed E-state index contributed by atoms with van der Waals surface area (Å²) in [6.07, 6.45) is 8.12. The number of halogens is 1. The number of anilines is 1. The van der Waals surface area contributed by atoms with Gasteiger partial charge in [0.15, 0.2) is 5.71 Å². The molecule has 2 aliphatic heterocycles. The molecule has 0 unspecified atom stereocenters. The monoisotopic (exact) mass is 902 g/mol. The maximum atomic E-state index is 11.8. The zero-order valence-corrected chi connectivity index (χ0v) is 41.2. The Hall–Kier alpha value is 0.890. The fourth-order valence-corrected chi connectivity index (χ4v) is 8.15. The molecule has 0 spiro atoms. The van der Waals surface area contributed by atoms with Gasteiger partial charge in [-0.25, -0.2) is 16.8 Å². The van der Waals surface area contributed by atoms with E-state index in [1.807, 2.05) is 49.1 Å². The van der Waals surface area contributed by atoms with E-state index in [0.29, 0.717) is 45.0 Å². The van der Waals surface area contributed by atoms with Crippen molar-refractivity contribution in [2.24, 2.45) is 0 Å². The minimum atomic E-state index is -4.73. The van der Waals surface area contributed by atoms with Crippen LogP contribution in [0.15, 0.2) is 80.7 Å². The summed E-state index contributed by atoms with van der Waals surface area (Å²) >= 11 is 5.32. The van der Waals surface area contributed by atoms with Gasteiger partial charge in [0.25, 0.3) is 0 Å². The summed E-state index contributed by atoms with van der Waals surface area (Å²) in [6.45, 7) is 8.57. The molecule has 0 amide bonds. The van der Waals surface area contributed by atoms with Crippen LogP contribution >= 0.6 is 40.0 Å². The summed E-state index contributed by atoms with van der Waals surface area (Å²) in [5.41, 5.74) is 3.43. The number of allylic oxidation sites excluding steroid dienone is 6. The third-order valence-electron chi connectivity index (χ3n) is 8.44. The van der Waals surface area contributed by atoms with E-state index in [-0.39, 0.29) is 107 Å². The summed E-state index contributed by atoms with van der Waals surface area (Å²) in [4.78, 5) is 2.11. The quantitative estimate of drug-likeness (QED) is 0.0213. The van der Waals surface area contributed by atoms with E-state index in [4.69, 9.17) is 0 Å². The van der Waals surface area contributed by atoms with E-state index in [9.17, 15) is 36.5 Å². The van der Waals surface area contributed by atoms with Crippen LogP contribution in [0, 0.1) is 0 Å². The van der Waals surface area contributed by atoms with Crippen LogP contribution in [0.5, 0.6) is 0 Å². The standard InChI is InChI=1S/C31H37BrN2O12S4.3Na/c1-30(2)24-19-22(48-46-44-36)9-11-26(24)33(15-5-17-47-45-43-35)28(30)13-7-21(32)8-14-29-31(3,4)25-20-23(50(40,41)42)10-12-27(25)34(29)16-6-18-49(37,38)39;;;/h7-14,19-20H,5-6,15-18H2,1-4H3,(H3-,35,36,37,38,39,40,41,42);;;/q;3*+1/p-3. The van der Waals surface area contributed by atoms with E-state index in [1.165, 1.54) is 18.2 Å². The first-order chi connectivity index (χ1) is 23.4. The molecule has 53 heavy (non-hydrogen) atoms. The molecule has 2 aromatic carbocycles. The van der Waals surface area contributed by atoms with Gasteiger partial charge in [-0.05, 0) is 74.4 Å². The van der Waals surface area contributed by atoms with Crippen LogP contribution in [0.25, 0.3) is 0 Å². The smallest absolute Gasteiger partial charge is 0.748 e. The van der Waals surface area contributed by atoms with Crippen molar-refractivity contribution >= 4 is 77.3 Å². The number of rotatable bonds is 17. The molecular weight excluding hydrogens is 869 g/mol. The number of nitrogens with zero attached hydrogens (tertiary/aromatic N) is 2. The Bertz CT molecular complexity index is 1940. The first kappa shape index (κ1) is 51.9. The zero-order valence-electron chi connectivity index (χ0n) is 30.3. The largest absolute Gasteiger partial charge is 1.00 e. The van der Waals surface area contributed by atoms with Crippen LogP contribution in [0.1, 0.15) is 51.7 Å². The van der Waals surface area contributed by atoms with Crippen LogP contribution in [0.2, 0.25) is 0 Å². The summed E-state index contributed by atoms with van der Waals surface area (Å²) in [5, 5.41) is 27.5. The molecule has 2 aromatic rings. The van der Waals surface area contributed by atoms with Gasteiger partial charge in [0.05, 0.1) is 32.5 Å². The van der Waals surface area contributed by atoms with Gasteiger partial charge in [0.2, 0.25) is 5.69 Å². The van der Waals surface area contributed by atoms with Crippen molar-refractivity contribution in [3.05, 3.63) is 82.0 Å². The van der Waals surface area contributed by atoms with Gasteiger partial charge in [0, 0.05) is 80.4 Å². The fourth-order valence-electron chi connectivity index (χ4n) is 6.16. The molecule has 0 N–H and O–H groups in total. The molecule has 274 valence electrons. The van der Waals surface area contributed by atoms with Crippen molar-refractivity contribution in [1.82, 2.24) is 0 Å². The summed E-state index contributed by atoms with van der Waals surface area (Å²) < 4.78 is 81.2. The number of fused-ring (bicyclic) bond motifs is 2. The second-order valence-corrected chi connectivity index (χ2v) is 17.7. The van der Waals surface area contributed by atoms with Gasteiger partial charge in [0.1, 0.15) is 16.7 Å². The molecule has 0 saturated carbocycles. The van der Waals surface area contributed by atoms with Gasteiger partial charge >= 0.3 is 88.7 Å². The van der Waals surface area contributed by atoms with Gasteiger partial charge in [-0.1, -0.05) is 29.8 Å². The fraction of sp³-hybridized carbons (Fsp3) is 0.387. The minimum Gasteiger partial charge on any atom is -0.748 e. The molecule has 0 atom stereocenters. The maximum Gasteiger partial charge on any atom is 1.00 e. The second kappa shape index (κ2) is 22.3.